The number of carbonyl (C=O) groups is 1. The number of allylic oxidation sites excluding steroid dienone is 5. The molecule has 0 heterocycles. The zero-order chi connectivity index (χ0) is 37.1. The summed E-state index contributed by atoms with van der Waals surface area (Å²) in [7, 11) is 3.56. The van der Waals surface area contributed by atoms with E-state index in [1.54, 1.807) is 19.0 Å². The van der Waals surface area contributed by atoms with Crippen molar-refractivity contribution in [2.75, 3.05) is 14.1 Å². The molecule has 0 bridgehead atoms. The van der Waals surface area contributed by atoms with Crippen molar-refractivity contribution in [1.29, 1.82) is 0 Å². The standard InChI is InChI=1S/C49H48N2O/c1-29-17-13-18-30(2)40(29)44-45(41-31(3)19-14-20-32(41)4)47(43-35(7)23-16-24-36(43)8)49(46(44)42-33(5)21-15-22-34(42)6)38-26-12-11-25-37(38)27-28-39(49)50-48(52)51(9)10/h11-28H,1-10H3/b50-39-. The van der Waals surface area contributed by atoms with Gasteiger partial charge in [-0.05, 0) is 162 Å². The van der Waals surface area contributed by atoms with Crippen molar-refractivity contribution >= 4 is 40.1 Å². The van der Waals surface area contributed by atoms with E-state index in [1.165, 1.54) is 89.1 Å². The fraction of sp³-hybridized carbons (Fsp3) is 0.224. The van der Waals surface area contributed by atoms with Gasteiger partial charge in [-0.2, -0.15) is 4.99 Å². The highest BCUT2D eigenvalue weighted by molar-refractivity contribution is 6.42. The van der Waals surface area contributed by atoms with E-state index in [4.69, 9.17) is 4.99 Å². The summed E-state index contributed by atoms with van der Waals surface area (Å²) in [5.41, 5.74) is 21.2. The number of aliphatic imine (C=N–C) groups is 1. The fourth-order valence-corrected chi connectivity index (χ4v) is 8.98. The molecule has 0 saturated carbocycles. The lowest BCUT2D eigenvalue weighted by Crippen LogP contribution is -2.40. The Balaban J connectivity index is 1.92. The Morgan fingerprint density at radius 1 is 0.481 bits per heavy atom. The molecule has 2 aliphatic carbocycles. The third-order valence-corrected chi connectivity index (χ3v) is 11.2. The maximum Gasteiger partial charge on any atom is 0.343 e. The van der Waals surface area contributed by atoms with Crippen molar-refractivity contribution in [1.82, 2.24) is 4.90 Å². The highest BCUT2D eigenvalue weighted by Crippen LogP contribution is 2.66. The van der Waals surface area contributed by atoms with Crippen molar-refractivity contribution in [3.05, 3.63) is 181 Å². The molecule has 3 nitrogen and oxygen atoms in total. The lowest BCUT2D eigenvalue weighted by atomic mass is 9.59. The Morgan fingerprint density at radius 2 is 0.846 bits per heavy atom. The first-order chi connectivity index (χ1) is 24.9. The third-order valence-electron chi connectivity index (χ3n) is 11.2. The molecule has 7 rings (SSSR count). The maximum atomic E-state index is 14.0. The van der Waals surface area contributed by atoms with Crippen molar-refractivity contribution in [2.45, 2.75) is 60.8 Å². The van der Waals surface area contributed by atoms with Crippen LogP contribution in [-0.4, -0.2) is 30.7 Å². The van der Waals surface area contributed by atoms with E-state index in [0.29, 0.717) is 0 Å². The Kier molecular flexibility index (Phi) is 8.87. The summed E-state index contributed by atoms with van der Waals surface area (Å²) in [6, 6.07) is 35.0. The van der Waals surface area contributed by atoms with Crippen LogP contribution in [0.2, 0.25) is 0 Å². The summed E-state index contributed by atoms with van der Waals surface area (Å²) in [4.78, 5) is 20.7. The summed E-state index contributed by atoms with van der Waals surface area (Å²) in [5.74, 6) is 0. The van der Waals surface area contributed by atoms with Crippen LogP contribution in [0.5, 0.6) is 0 Å². The van der Waals surface area contributed by atoms with Crippen LogP contribution in [0.3, 0.4) is 0 Å². The second-order valence-corrected chi connectivity index (χ2v) is 14.9. The SMILES string of the molecule is Cc1cccc(C)c1C1=C(c2c(C)cccc2C)C2(C(c3c(C)cccc3C)=C1c1c(C)cccc1C)/C(=N\C(=O)N(C)C)C=Cc1ccccc12. The van der Waals surface area contributed by atoms with E-state index >= 15 is 0 Å². The van der Waals surface area contributed by atoms with Crippen LogP contribution < -0.4 is 0 Å². The van der Waals surface area contributed by atoms with Crippen LogP contribution in [0.15, 0.2) is 108 Å². The van der Waals surface area contributed by atoms with Crippen LogP contribution >= 0.6 is 0 Å². The minimum Gasteiger partial charge on any atom is -0.329 e. The Morgan fingerprint density at radius 3 is 1.23 bits per heavy atom. The molecule has 260 valence electrons. The van der Waals surface area contributed by atoms with Gasteiger partial charge in [-0.1, -0.05) is 103 Å². The monoisotopic (exact) mass is 680 g/mol. The molecular weight excluding hydrogens is 633 g/mol. The van der Waals surface area contributed by atoms with Crippen molar-refractivity contribution in [2.24, 2.45) is 4.99 Å². The van der Waals surface area contributed by atoms with Gasteiger partial charge in [0.25, 0.3) is 0 Å². The summed E-state index contributed by atoms with van der Waals surface area (Å²) < 4.78 is 0. The number of hydrogen-bond donors (Lipinski definition) is 0. The largest absolute Gasteiger partial charge is 0.343 e. The number of carbonyl (C=O) groups excluding carboxylic acids is 1. The van der Waals surface area contributed by atoms with Gasteiger partial charge in [-0.3, -0.25) is 0 Å². The molecule has 0 aromatic heterocycles. The van der Waals surface area contributed by atoms with E-state index < -0.39 is 5.41 Å². The highest BCUT2D eigenvalue weighted by Gasteiger charge is 2.56. The molecule has 2 amide bonds. The van der Waals surface area contributed by atoms with Crippen molar-refractivity contribution < 1.29 is 4.79 Å². The summed E-state index contributed by atoms with van der Waals surface area (Å²) in [6.45, 7) is 17.9. The lowest BCUT2D eigenvalue weighted by Gasteiger charge is -2.42. The van der Waals surface area contributed by atoms with Crippen LogP contribution in [-0.2, 0) is 5.41 Å². The number of urea groups is 1. The molecule has 0 aliphatic heterocycles. The Labute approximate surface area is 309 Å². The number of nitrogens with zero attached hydrogens (tertiary/aromatic N) is 2. The van der Waals surface area contributed by atoms with E-state index in [9.17, 15) is 4.79 Å². The number of aryl methyl sites for hydroxylation is 8. The minimum atomic E-state index is -0.959. The number of benzene rings is 5. The van der Waals surface area contributed by atoms with Crippen molar-refractivity contribution in [3.63, 3.8) is 0 Å². The predicted octanol–water partition coefficient (Wildman–Crippen LogP) is 11.8. The van der Waals surface area contributed by atoms with Gasteiger partial charge < -0.3 is 4.90 Å². The molecule has 5 aromatic rings. The van der Waals surface area contributed by atoms with E-state index in [1.807, 2.05) is 0 Å². The molecule has 0 unspecified atom stereocenters. The Hall–Kier alpha value is -5.54. The van der Waals surface area contributed by atoms with Gasteiger partial charge in [-0.25, -0.2) is 4.79 Å². The molecule has 0 N–H and O–H groups in total. The molecule has 0 fully saturated rings. The average Bonchev–Trinajstić information content (AvgIpc) is 3.36. The average molecular weight is 681 g/mol. The van der Waals surface area contributed by atoms with Gasteiger partial charge in [0.2, 0.25) is 0 Å². The quantitative estimate of drug-likeness (QED) is 0.186. The van der Waals surface area contributed by atoms with Gasteiger partial charge >= 0.3 is 6.03 Å². The van der Waals surface area contributed by atoms with Gasteiger partial charge in [0, 0.05) is 14.1 Å². The number of rotatable bonds is 4. The third kappa shape index (κ3) is 5.25. The van der Waals surface area contributed by atoms with Crippen LogP contribution in [0, 0.1) is 55.4 Å². The smallest absolute Gasteiger partial charge is 0.329 e. The van der Waals surface area contributed by atoms with Crippen molar-refractivity contribution in [3.8, 4) is 0 Å². The second kappa shape index (κ2) is 13.2. The first kappa shape index (κ1) is 34.9. The molecule has 0 saturated heterocycles. The summed E-state index contributed by atoms with van der Waals surface area (Å²) in [5, 5.41) is 0. The van der Waals surface area contributed by atoms with Crippen LogP contribution in [0.1, 0.15) is 77.9 Å². The van der Waals surface area contributed by atoms with Gasteiger partial charge in [-0.15, -0.1) is 0 Å². The molecule has 1 spiro atoms. The molecule has 2 aliphatic rings. The number of amides is 2. The molecule has 3 heteroatoms. The number of fused-ring (bicyclic) bond motifs is 2. The minimum absolute atomic E-state index is 0.283. The molecule has 5 aromatic carbocycles. The first-order valence-electron chi connectivity index (χ1n) is 18.2. The van der Waals surface area contributed by atoms with Crippen LogP contribution in [0.4, 0.5) is 4.79 Å². The number of hydrogen-bond acceptors (Lipinski definition) is 1. The van der Waals surface area contributed by atoms with Gasteiger partial charge in [0.15, 0.2) is 0 Å². The van der Waals surface area contributed by atoms with Gasteiger partial charge in [0.1, 0.15) is 0 Å². The van der Waals surface area contributed by atoms with E-state index in [0.717, 1.165) is 16.8 Å². The normalized spacial score (nSPS) is 15.5. The second-order valence-electron chi connectivity index (χ2n) is 14.9. The van der Waals surface area contributed by atoms with E-state index in [2.05, 4.69) is 165 Å². The lowest BCUT2D eigenvalue weighted by molar-refractivity contribution is 0.227. The first-order valence-corrected chi connectivity index (χ1v) is 18.2. The zero-order valence-corrected chi connectivity index (χ0v) is 32.2. The fourth-order valence-electron chi connectivity index (χ4n) is 8.98. The molecule has 52 heavy (non-hydrogen) atoms. The Bertz CT molecular complexity index is 2230. The summed E-state index contributed by atoms with van der Waals surface area (Å²) in [6.07, 6.45) is 4.25. The molecule has 0 atom stereocenters. The predicted molar refractivity (Wildman–Crippen MR) is 221 cm³/mol. The van der Waals surface area contributed by atoms with E-state index in [-0.39, 0.29) is 6.03 Å². The molecule has 0 radical (unpaired) electrons. The molecular formula is C49H48N2O. The maximum absolute atomic E-state index is 14.0. The summed E-state index contributed by atoms with van der Waals surface area (Å²) >= 11 is 0. The van der Waals surface area contributed by atoms with Crippen LogP contribution in [0.25, 0.3) is 28.4 Å². The van der Waals surface area contributed by atoms with Gasteiger partial charge in [0.05, 0.1) is 11.1 Å². The zero-order valence-electron chi connectivity index (χ0n) is 32.2. The topological polar surface area (TPSA) is 32.7 Å². The highest BCUT2D eigenvalue weighted by atomic mass is 16.2.